The van der Waals surface area contributed by atoms with Crippen LogP contribution in [-0.4, -0.2) is 24.0 Å². The van der Waals surface area contributed by atoms with Gasteiger partial charge in [0.1, 0.15) is 11.8 Å². The molecule has 4 nitrogen and oxygen atoms in total. The molecule has 2 aromatic carbocycles. The third kappa shape index (κ3) is 3.50. The number of hydrogen-bond donors (Lipinski definition) is 0. The first kappa shape index (κ1) is 22.5. The summed E-state index contributed by atoms with van der Waals surface area (Å²) in [4.78, 5) is 0. The van der Waals surface area contributed by atoms with Crippen molar-refractivity contribution in [2.75, 3.05) is 14.2 Å². The van der Waals surface area contributed by atoms with Gasteiger partial charge in [-0.15, -0.1) is 0 Å². The third-order valence-electron chi connectivity index (χ3n) is 4.46. The molecule has 1 aromatic heterocycles. The second-order valence-electron chi connectivity index (χ2n) is 6.25. The average molecular weight is 452 g/mol. The van der Waals surface area contributed by atoms with Crippen LogP contribution in [0.5, 0.6) is 5.88 Å². The molecule has 0 aliphatic carbocycles. The van der Waals surface area contributed by atoms with Crippen molar-refractivity contribution in [1.82, 2.24) is 9.78 Å². The van der Waals surface area contributed by atoms with Crippen LogP contribution in [-0.2, 0) is 4.74 Å². The zero-order valence-corrected chi connectivity index (χ0v) is 16.0. The number of halogens is 8. The van der Waals surface area contributed by atoms with Crippen molar-refractivity contribution < 1.29 is 44.6 Å². The van der Waals surface area contributed by atoms with Crippen LogP contribution < -0.4 is 4.74 Å². The molecule has 0 radical (unpaired) electrons. The Morgan fingerprint density at radius 3 is 1.71 bits per heavy atom. The van der Waals surface area contributed by atoms with Crippen LogP contribution >= 0.6 is 0 Å². The first-order valence-corrected chi connectivity index (χ1v) is 8.37. The highest BCUT2D eigenvalue weighted by Gasteiger charge is 2.33. The van der Waals surface area contributed by atoms with Gasteiger partial charge in [0.05, 0.1) is 18.4 Å². The highest BCUT2D eigenvalue weighted by molar-refractivity contribution is 5.47. The topological polar surface area (TPSA) is 36.3 Å². The molecule has 1 heterocycles. The lowest BCUT2D eigenvalue weighted by Crippen LogP contribution is -2.12. The number of rotatable bonds is 5. The summed E-state index contributed by atoms with van der Waals surface area (Å²) in [7, 11) is 2.10. The van der Waals surface area contributed by atoms with E-state index in [4.69, 9.17) is 9.47 Å². The monoisotopic (exact) mass is 452 g/mol. The van der Waals surface area contributed by atoms with E-state index in [-0.39, 0.29) is 16.8 Å². The fourth-order valence-electron chi connectivity index (χ4n) is 3.09. The lowest BCUT2D eigenvalue weighted by molar-refractivity contribution is 0.132. The van der Waals surface area contributed by atoms with Crippen LogP contribution in [0.2, 0.25) is 0 Å². The summed E-state index contributed by atoms with van der Waals surface area (Å²) in [5, 5.41) is 3.76. The molecule has 0 aliphatic heterocycles. The Kier molecular flexibility index (Phi) is 5.94. The standard InChI is InChI=1S/C19H12F8N2O2/c1-6-10(18(30-2)7-4-8(20)11(22)9(21)5-7)19(31-3)29(28-6)17-15(26)13(24)12(23)14(25)16(17)27/h4-5,18H,1-3H3. The first-order valence-electron chi connectivity index (χ1n) is 8.37. The average Bonchev–Trinajstić information content (AvgIpc) is 3.05. The van der Waals surface area contributed by atoms with E-state index in [9.17, 15) is 35.1 Å². The number of methoxy groups -OCH3 is 2. The van der Waals surface area contributed by atoms with Crippen LogP contribution in [0.25, 0.3) is 5.69 Å². The summed E-state index contributed by atoms with van der Waals surface area (Å²) in [5.74, 6) is -16.5. The number of nitrogens with zero attached hydrogens (tertiary/aromatic N) is 2. The molecule has 3 rings (SSSR count). The minimum atomic E-state index is -2.37. The van der Waals surface area contributed by atoms with Gasteiger partial charge in [-0.3, -0.25) is 0 Å². The van der Waals surface area contributed by atoms with Crippen LogP contribution in [0.3, 0.4) is 0 Å². The van der Waals surface area contributed by atoms with Gasteiger partial charge in [-0.2, -0.15) is 9.78 Å². The highest BCUT2D eigenvalue weighted by Crippen LogP contribution is 2.39. The molecule has 0 aliphatic rings. The quantitative estimate of drug-likeness (QED) is 0.309. The predicted octanol–water partition coefficient (Wildman–Crippen LogP) is 5.04. The molecule has 0 saturated carbocycles. The minimum Gasteiger partial charge on any atom is -0.481 e. The van der Waals surface area contributed by atoms with Crippen molar-refractivity contribution in [2.24, 2.45) is 0 Å². The zero-order chi connectivity index (χ0) is 23.2. The molecule has 12 heteroatoms. The maximum Gasteiger partial charge on any atom is 0.223 e. The minimum absolute atomic E-state index is 0.0993. The first-order chi connectivity index (χ1) is 14.5. The van der Waals surface area contributed by atoms with E-state index in [1.807, 2.05) is 0 Å². The van der Waals surface area contributed by atoms with Gasteiger partial charge in [0.25, 0.3) is 0 Å². The molecule has 0 fully saturated rings. The SMILES string of the molecule is COc1c(C(OC)c2cc(F)c(F)c(F)c2)c(C)nn1-c1c(F)c(F)c(F)c(F)c1F. The largest absolute Gasteiger partial charge is 0.481 e. The fraction of sp³-hybridized carbons (Fsp3) is 0.211. The molecule has 0 N–H and O–H groups in total. The summed E-state index contributed by atoms with van der Waals surface area (Å²) < 4.78 is 121. The normalized spacial score (nSPS) is 12.4. The Balaban J connectivity index is 2.30. The van der Waals surface area contributed by atoms with E-state index in [0.717, 1.165) is 14.2 Å². The van der Waals surface area contributed by atoms with Crippen molar-refractivity contribution in [2.45, 2.75) is 13.0 Å². The van der Waals surface area contributed by atoms with Gasteiger partial charge in [0, 0.05) is 7.11 Å². The second-order valence-corrected chi connectivity index (χ2v) is 6.25. The van der Waals surface area contributed by atoms with Gasteiger partial charge in [-0.1, -0.05) is 0 Å². The maximum absolute atomic E-state index is 14.3. The number of hydrogen-bond acceptors (Lipinski definition) is 3. The third-order valence-corrected chi connectivity index (χ3v) is 4.46. The van der Waals surface area contributed by atoms with E-state index in [1.165, 1.54) is 6.92 Å². The molecular weight excluding hydrogens is 440 g/mol. The molecule has 0 saturated heterocycles. The number of benzene rings is 2. The van der Waals surface area contributed by atoms with Crippen molar-refractivity contribution in [1.29, 1.82) is 0 Å². The highest BCUT2D eigenvalue weighted by atomic mass is 19.2. The molecule has 1 unspecified atom stereocenters. The van der Waals surface area contributed by atoms with E-state index >= 15 is 0 Å². The van der Waals surface area contributed by atoms with Gasteiger partial charge >= 0.3 is 0 Å². The van der Waals surface area contributed by atoms with E-state index in [0.29, 0.717) is 16.8 Å². The predicted molar refractivity (Wildman–Crippen MR) is 89.8 cm³/mol. The molecule has 1 atom stereocenters. The van der Waals surface area contributed by atoms with Gasteiger partial charge in [-0.25, -0.2) is 35.1 Å². The fourth-order valence-corrected chi connectivity index (χ4v) is 3.09. The molecule has 166 valence electrons. The Morgan fingerprint density at radius 2 is 1.26 bits per heavy atom. The Bertz CT molecular complexity index is 1130. The Labute approximate surface area is 169 Å². The van der Waals surface area contributed by atoms with Gasteiger partial charge in [0.2, 0.25) is 11.7 Å². The smallest absolute Gasteiger partial charge is 0.223 e. The molecular formula is C19H12F8N2O2. The molecule has 0 spiro atoms. The van der Waals surface area contributed by atoms with Crippen molar-refractivity contribution in [3.05, 3.63) is 75.5 Å². The Morgan fingerprint density at radius 1 is 0.774 bits per heavy atom. The molecule has 3 aromatic rings. The summed E-state index contributed by atoms with van der Waals surface area (Å²) in [6.07, 6.45) is -1.41. The summed E-state index contributed by atoms with van der Waals surface area (Å²) in [5.41, 5.74) is -1.96. The van der Waals surface area contributed by atoms with Crippen molar-refractivity contribution >= 4 is 0 Å². The maximum atomic E-state index is 14.3. The van der Waals surface area contributed by atoms with Crippen LogP contribution in [0, 0.1) is 53.5 Å². The Hall–Kier alpha value is -3.15. The zero-order valence-electron chi connectivity index (χ0n) is 16.0. The van der Waals surface area contributed by atoms with Crippen molar-refractivity contribution in [3.8, 4) is 11.6 Å². The van der Waals surface area contributed by atoms with Crippen LogP contribution in [0.4, 0.5) is 35.1 Å². The van der Waals surface area contributed by atoms with Crippen molar-refractivity contribution in [3.63, 3.8) is 0 Å². The van der Waals surface area contributed by atoms with Crippen LogP contribution in [0.1, 0.15) is 22.9 Å². The van der Waals surface area contributed by atoms with E-state index < -0.39 is 64.2 Å². The summed E-state index contributed by atoms with van der Waals surface area (Å²) in [6, 6.07) is 1.22. The van der Waals surface area contributed by atoms with E-state index in [2.05, 4.69) is 5.10 Å². The number of aryl methyl sites for hydroxylation is 1. The lowest BCUT2D eigenvalue weighted by atomic mass is 10.0. The molecule has 0 amide bonds. The molecule has 0 bridgehead atoms. The van der Waals surface area contributed by atoms with E-state index in [1.54, 1.807) is 0 Å². The number of aromatic nitrogens is 2. The lowest BCUT2D eigenvalue weighted by Gasteiger charge is -2.18. The summed E-state index contributed by atoms with van der Waals surface area (Å²) >= 11 is 0. The second kappa shape index (κ2) is 8.17. The molecule has 31 heavy (non-hydrogen) atoms. The number of ether oxygens (including phenoxy) is 2. The van der Waals surface area contributed by atoms with Gasteiger partial charge in [0.15, 0.2) is 40.7 Å². The van der Waals surface area contributed by atoms with Gasteiger partial charge in [-0.05, 0) is 24.6 Å². The van der Waals surface area contributed by atoms with Gasteiger partial charge < -0.3 is 9.47 Å². The van der Waals surface area contributed by atoms with Crippen LogP contribution in [0.15, 0.2) is 12.1 Å². The summed E-state index contributed by atoms with van der Waals surface area (Å²) in [6.45, 7) is 1.27.